The lowest BCUT2D eigenvalue weighted by Crippen LogP contribution is -2.51. The highest BCUT2D eigenvalue weighted by Gasteiger charge is 2.34. The van der Waals surface area contributed by atoms with Crippen molar-refractivity contribution in [3.8, 4) is 0 Å². The Morgan fingerprint density at radius 3 is 2.64 bits per heavy atom. The van der Waals surface area contributed by atoms with Crippen molar-refractivity contribution in [2.24, 2.45) is 0 Å². The van der Waals surface area contributed by atoms with E-state index in [1.807, 2.05) is 0 Å². The van der Waals surface area contributed by atoms with Gasteiger partial charge in [0.2, 0.25) is 11.8 Å². The van der Waals surface area contributed by atoms with Crippen molar-refractivity contribution < 1.29 is 24.0 Å². The van der Waals surface area contributed by atoms with Gasteiger partial charge in [-0.25, -0.2) is 4.79 Å². The third-order valence-electron chi connectivity index (χ3n) is 3.38. The Morgan fingerprint density at radius 2 is 2.08 bits per heavy atom. The van der Waals surface area contributed by atoms with E-state index in [4.69, 9.17) is 4.74 Å². The fourth-order valence-electron chi connectivity index (χ4n) is 2.16. The standard InChI is InChI=1S/C15H17N3O6S/c1-2-24-15(21)11-8-25-12(14(20)17-11)7-13(19)16-9-3-5-10(6-4-9)18(22)23/h3-6,11-12H,2,7-8H2,1H3,(H,16,19)(H,17,20)/t11-,12-/m0/s1. The number of nitro benzene ring substituents is 1. The number of carbonyl (C=O) groups excluding carboxylic acids is 3. The van der Waals surface area contributed by atoms with Gasteiger partial charge in [0.15, 0.2) is 0 Å². The number of amides is 2. The van der Waals surface area contributed by atoms with Crippen LogP contribution in [0.2, 0.25) is 0 Å². The molecule has 2 amide bonds. The molecule has 2 atom stereocenters. The van der Waals surface area contributed by atoms with Crippen molar-refractivity contribution in [3.05, 3.63) is 34.4 Å². The first kappa shape index (κ1) is 18.7. The maximum Gasteiger partial charge on any atom is 0.329 e. The average molecular weight is 367 g/mol. The number of nitro groups is 1. The highest BCUT2D eigenvalue weighted by Crippen LogP contribution is 2.22. The van der Waals surface area contributed by atoms with Gasteiger partial charge in [-0.1, -0.05) is 0 Å². The fraction of sp³-hybridized carbons (Fsp3) is 0.400. The number of nitrogens with zero attached hydrogens (tertiary/aromatic N) is 1. The molecule has 1 aromatic rings. The number of rotatable bonds is 6. The van der Waals surface area contributed by atoms with Crippen molar-refractivity contribution in [1.82, 2.24) is 5.32 Å². The number of hydrogen-bond acceptors (Lipinski definition) is 7. The molecule has 0 aliphatic carbocycles. The molecule has 1 saturated heterocycles. The number of ether oxygens (including phenoxy) is 1. The van der Waals surface area contributed by atoms with Gasteiger partial charge in [-0.05, 0) is 19.1 Å². The monoisotopic (exact) mass is 367 g/mol. The molecule has 0 unspecified atom stereocenters. The summed E-state index contributed by atoms with van der Waals surface area (Å²) in [6.45, 7) is 1.91. The van der Waals surface area contributed by atoms with Crippen LogP contribution in [0.3, 0.4) is 0 Å². The van der Waals surface area contributed by atoms with Crippen molar-refractivity contribution in [1.29, 1.82) is 0 Å². The lowest BCUT2D eigenvalue weighted by molar-refractivity contribution is -0.384. The van der Waals surface area contributed by atoms with Gasteiger partial charge in [0, 0.05) is 30.0 Å². The van der Waals surface area contributed by atoms with Gasteiger partial charge in [0.05, 0.1) is 16.8 Å². The maximum atomic E-state index is 12.0. The molecule has 1 aliphatic heterocycles. The van der Waals surface area contributed by atoms with Gasteiger partial charge in [-0.15, -0.1) is 11.8 Å². The molecule has 25 heavy (non-hydrogen) atoms. The second kappa shape index (κ2) is 8.47. The van der Waals surface area contributed by atoms with Crippen molar-refractivity contribution in [2.45, 2.75) is 24.6 Å². The first-order valence-corrected chi connectivity index (χ1v) is 8.58. The molecule has 1 heterocycles. The van der Waals surface area contributed by atoms with Crippen LogP contribution in [0.4, 0.5) is 11.4 Å². The topological polar surface area (TPSA) is 128 Å². The van der Waals surface area contributed by atoms with E-state index in [1.165, 1.54) is 36.0 Å². The summed E-state index contributed by atoms with van der Waals surface area (Å²) < 4.78 is 4.86. The zero-order valence-electron chi connectivity index (χ0n) is 13.4. The number of non-ortho nitro benzene ring substituents is 1. The molecular formula is C15H17N3O6S. The zero-order chi connectivity index (χ0) is 18.4. The van der Waals surface area contributed by atoms with Crippen LogP contribution in [-0.2, 0) is 19.1 Å². The van der Waals surface area contributed by atoms with Crippen LogP contribution in [0.5, 0.6) is 0 Å². The normalized spacial score (nSPS) is 19.6. The van der Waals surface area contributed by atoms with Crippen molar-refractivity contribution >= 4 is 40.9 Å². The molecule has 1 fully saturated rings. The summed E-state index contributed by atoms with van der Waals surface area (Å²) in [5, 5.41) is 15.1. The van der Waals surface area contributed by atoms with E-state index in [0.29, 0.717) is 11.4 Å². The van der Waals surface area contributed by atoms with Crippen LogP contribution in [0.15, 0.2) is 24.3 Å². The van der Waals surface area contributed by atoms with E-state index in [-0.39, 0.29) is 18.7 Å². The Balaban J connectivity index is 1.85. The number of carbonyl (C=O) groups is 3. The lowest BCUT2D eigenvalue weighted by Gasteiger charge is -2.27. The van der Waals surface area contributed by atoms with E-state index >= 15 is 0 Å². The third kappa shape index (κ3) is 5.18. The van der Waals surface area contributed by atoms with Gasteiger partial charge in [0.1, 0.15) is 6.04 Å². The SMILES string of the molecule is CCOC(=O)[C@@H]1CS[C@@H](CC(=O)Nc2ccc([N+](=O)[O-])cc2)C(=O)N1. The Bertz CT molecular complexity index is 678. The lowest BCUT2D eigenvalue weighted by atomic mass is 10.2. The highest BCUT2D eigenvalue weighted by atomic mass is 32.2. The smallest absolute Gasteiger partial charge is 0.329 e. The highest BCUT2D eigenvalue weighted by molar-refractivity contribution is 8.00. The summed E-state index contributed by atoms with van der Waals surface area (Å²) in [7, 11) is 0. The summed E-state index contributed by atoms with van der Waals surface area (Å²) in [5.41, 5.74) is 0.325. The molecular weight excluding hydrogens is 350 g/mol. The molecule has 9 nitrogen and oxygen atoms in total. The molecule has 10 heteroatoms. The van der Waals surface area contributed by atoms with Gasteiger partial charge in [-0.3, -0.25) is 19.7 Å². The van der Waals surface area contributed by atoms with E-state index in [2.05, 4.69) is 10.6 Å². The van der Waals surface area contributed by atoms with E-state index in [0.717, 1.165) is 0 Å². The number of anilines is 1. The largest absolute Gasteiger partial charge is 0.464 e. The molecule has 2 N–H and O–H groups in total. The summed E-state index contributed by atoms with van der Waals surface area (Å²) in [6, 6.07) is 4.69. The second-order valence-electron chi connectivity index (χ2n) is 5.19. The van der Waals surface area contributed by atoms with Crippen LogP contribution in [-0.4, -0.2) is 46.4 Å². The first-order chi connectivity index (χ1) is 11.9. The minimum Gasteiger partial charge on any atom is -0.464 e. The van der Waals surface area contributed by atoms with Gasteiger partial charge in [-0.2, -0.15) is 0 Å². The van der Waals surface area contributed by atoms with E-state index in [1.54, 1.807) is 6.92 Å². The Hall–Kier alpha value is -2.62. The second-order valence-corrected chi connectivity index (χ2v) is 6.43. The minimum atomic E-state index is -0.702. The molecule has 0 radical (unpaired) electrons. The van der Waals surface area contributed by atoms with Crippen LogP contribution in [0.25, 0.3) is 0 Å². The first-order valence-electron chi connectivity index (χ1n) is 7.53. The summed E-state index contributed by atoms with van der Waals surface area (Å²) in [5.74, 6) is -0.943. The van der Waals surface area contributed by atoms with Crippen LogP contribution >= 0.6 is 11.8 Å². The van der Waals surface area contributed by atoms with Crippen molar-refractivity contribution in [2.75, 3.05) is 17.7 Å². The third-order valence-corrected chi connectivity index (χ3v) is 4.69. The molecule has 0 saturated carbocycles. The summed E-state index contributed by atoms with van der Waals surface area (Å²) >= 11 is 1.22. The number of hydrogen-bond donors (Lipinski definition) is 2. The van der Waals surface area contributed by atoms with E-state index in [9.17, 15) is 24.5 Å². The van der Waals surface area contributed by atoms with Crippen LogP contribution < -0.4 is 10.6 Å². The number of thioether (sulfide) groups is 1. The Morgan fingerprint density at radius 1 is 1.40 bits per heavy atom. The molecule has 0 spiro atoms. The number of benzene rings is 1. The molecule has 2 rings (SSSR count). The molecule has 1 aliphatic rings. The summed E-state index contributed by atoms with van der Waals surface area (Å²) in [4.78, 5) is 45.7. The van der Waals surface area contributed by atoms with Gasteiger partial charge in [0.25, 0.3) is 5.69 Å². The average Bonchev–Trinajstić information content (AvgIpc) is 2.57. The maximum absolute atomic E-state index is 12.0. The minimum absolute atomic E-state index is 0.0664. The van der Waals surface area contributed by atoms with Gasteiger partial charge < -0.3 is 15.4 Å². The predicted molar refractivity (Wildman–Crippen MR) is 91.2 cm³/mol. The molecule has 0 bridgehead atoms. The van der Waals surface area contributed by atoms with Gasteiger partial charge >= 0.3 is 5.97 Å². The predicted octanol–water partition coefficient (Wildman–Crippen LogP) is 1.09. The number of nitrogens with one attached hydrogen (secondary N) is 2. The molecule has 1 aromatic carbocycles. The number of esters is 1. The van der Waals surface area contributed by atoms with E-state index < -0.39 is 34.0 Å². The quantitative estimate of drug-likeness (QED) is 0.437. The van der Waals surface area contributed by atoms with Crippen LogP contribution in [0, 0.1) is 10.1 Å². The zero-order valence-corrected chi connectivity index (χ0v) is 14.2. The molecule has 0 aromatic heterocycles. The van der Waals surface area contributed by atoms with Crippen molar-refractivity contribution in [3.63, 3.8) is 0 Å². The fourth-order valence-corrected chi connectivity index (χ4v) is 3.30. The Kier molecular flexibility index (Phi) is 6.34. The summed E-state index contributed by atoms with van der Waals surface area (Å²) in [6.07, 6.45) is -0.0664. The van der Waals surface area contributed by atoms with Crippen LogP contribution in [0.1, 0.15) is 13.3 Å². The molecule has 134 valence electrons. The Labute approximate surface area is 147 Å².